The van der Waals surface area contributed by atoms with Crippen molar-refractivity contribution in [3.05, 3.63) is 34.3 Å². The number of amides is 1. The summed E-state index contributed by atoms with van der Waals surface area (Å²) in [5.41, 5.74) is 0.376. The lowest BCUT2D eigenvalue weighted by atomic mass is 9.95. The number of β-amino-alcohol motifs (C(OH)–C–C–N with tert-alkyl or cyclic N) is 1. The third-order valence-corrected chi connectivity index (χ3v) is 4.04. The average Bonchev–Trinajstić information content (AvgIpc) is 2.41. The molecule has 0 radical (unpaired) electrons. The van der Waals surface area contributed by atoms with Crippen LogP contribution in [0.5, 0.6) is 0 Å². The van der Waals surface area contributed by atoms with E-state index in [1.54, 1.807) is 24.3 Å². The average molecular weight is 326 g/mol. The number of benzene rings is 1. The van der Waals surface area contributed by atoms with E-state index in [0.717, 1.165) is 10.9 Å². The molecule has 102 valence electrons. The Morgan fingerprint density at radius 2 is 1.95 bits per heavy atom. The monoisotopic (exact) mass is 325 g/mol. The molecule has 0 spiro atoms. The van der Waals surface area contributed by atoms with Crippen molar-refractivity contribution in [2.24, 2.45) is 5.92 Å². The SMILES string of the molecule is CC1CCN(C(=O)C(=O)c2ccc(Br)cc2)CC1O. The minimum absolute atomic E-state index is 0.173. The van der Waals surface area contributed by atoms with Gasteiger partial charge in [-0.15, -0.1) is 0 Å². The van der Waals surface area contributed by atoms with Crippen molar-refractivity contribution in [2.75, 3.05) is 13.1 Å². The lowest BCUT2D eigenvalue weighted by molar-refractivity contribution is -0.130. The van der Waals surface area contributed by atoms with Crippen LogP contribution in [0.2, 0.25) is 0 Å². The van der Waals surface area contributed by atoms with Gasteiger partial charge in [0.25, 0.3) is 5.91 Å². The molecule has 2 atom stereocenters. The van der Waals surface area contributed by atoms with Crippen molar-refractivity contribution in [3.8, 4) is 0 Å². The maximum absolute atomic E-state index is 12.1. The summed E-state index contributed by atoms with van der Waals surface area (Å²) in [5, 5.41) is 9.77. The van der Waals surface area contributed by atoms with Gasteiger partial charge in [0.05, 0.1) is 6.10 Å². The van der Waals surface area contributed by atoms with Crippen LogP contribution in [0, 0.1) is 5.92 Å². The number of carbonyl (C=O) groups is 2. The molecule has 1 aliphatic rings. The van der Waals surface area contributed by atoms with Crippen LogP contribution in [-0.4, -0.2) is 40.9 Å². The Bertz CT molecular complexity index is 486. The second-order valence-electron chi connectivity index (χ2n) is 4.92. The molecule has 5 heteroatoms. The molecule has 0 aromatic heterocycles. The van der Waals surface area contributed by atoms with E-state index in [2.05, 4.69) is 15.9 Å². The highest BCUT2D eigenvalue weighted by Crippen LogP contribution is 2.18. The van der Waals surface area contributed by atoms with Crippen LogP contribution < -0.4 is 0 Å². The number of piperidine rings is 1. The predicted octanol–water partition coefficient (Wildman–Crippen LogP) is 1.86. The van der Waals surface area contributed by atoms with E-state index < -0.39 is 17.8 Å². The van der Waals surface area contributed by atoms with Crippen molar-refractivity contribution in [1.82, 2.24) is 4.90 Å². The number of halogens is 1. The molecule has 1 fully saturated rings. The summed E-state index contributed by atoms with van der Waals surface area (Å²) in [5.74, 6) is -0.880. The summed E-state index contributed by atoms with van der Waals surface area (Å²) >= 11 is 3.28. The minimum atomic E-state index is -0.546. The highest BCUT2D eigenvalue weighted by atomic mass is 79.9. The second kappa shape index (κ2) is 5.84. The molecule has 1 heterocycles. The van der Waals surface area contributed by atoms with Crippen molar-refractivity contribution >= 4 is 27.6 Å². The first-order valence-electron chi connectivity index (χ1n) is 6.26. The van der Waals surface area contributed by atoms with Gasteiger partial charge in [0.15, 0.2) is 0 Å². The molecular weight excluding hydrogens is 310 g/mol. The maximum atomic E-state index is 12.1. The fraction of sp³-hybridized carbons (Fsp3) is 0.429. The number of aliphatic hydroxyl groups excluding tert-OH is 1. The fourth-order valence-corrected chi connectivity index (χ4v) is 2.37. The normalized spacial score (nSPS) is 23.2. The van der Waals surface area contributed by atoms with E-state index in [0.29, 0.717) is 12.1 Å². The van der Waals surface area contributed by atoms with Gasteiger partial charge in [0.2, 0.25) is 5.78 Å². The Balaban J connectivity index is 2.07. The summed E-state index contributed by atoms with van der Waals surface area (Å²) in [7, 11) is 0. The number of carbonyl (C=O) groups excluding carboxylic acids is 2. The molecule has 1 N–H and O–H groups in total. The second-order valence-corrected chi connectivity index (χ2v) is 5.84. The Kier molecular flexibility index (Phi) is 4.37. The van der Waals surface area contributed by atoms with Gasteiger partial charge in [-0.05, 0) is 36.6 Å². The molecule has 1 aromatic rings. The highest BCUT2D eigenvalue weighted by molar-refractivity contribution is 9.10. The van der Waals surface area contributed by atoms with Crippen LogP contribution in [0.15, 0.2) is 28.7 Å². The quantitative estimate of drug-likeness (QED) is 0.667. The molecule has 1 aromatic carbocycles. The maximum Gasteiger partial charge on any atom is 0.295 e. The molecule has 2 unspecified atom stereocenters. The number of hydrogen-bond donors (Lipinski definition) is 1. The number of rotatable bonds is 2. The lowest BCUT2D eigenvalue weighted by Gasteiger charge is -2.33. The highest BCUT2D eigenvalue weighted by Gasteiger charge is 2.30. The van der Waals surface area contributed by atoms with E-state index >= 15 is 0 Å². The van der Waals surface area contributed by atoms with Crippen LogP contribution in [0.4, 0.5) is 0 Å². The first-order valence-corrected chi connectivity index (χ1v) is 7.05. The Morgan fingerprint density at radius 3 is 2.53 bits per heavy atom. The van der Waals surface area contributed by atoms with Gasteiger partial charge in [-0.1, -0.05) is 22.9 Å². The van der Waals surface area contributed by atoms with Gasteiger partial charge in [-0.25, -0.2) is 0 Å². The largest absolute Gasteiger partial charge is 0.391 e. The topological polar surface area (TPSA) is 57.6 Å². The summed E-state index contributed by atoms with van der Waals surface area (Å²) in [4.78, 5) is 25.6. The molecule has 0 saturated carbocycles. The Morgan fingerprint density at radius 1 is 1.32 bits per heavy atom. The van der Waals surface area contributed by atoms with Crippen molar-refractivity contribution in [3.63, 3.8) is 0 Å². The van der Waals surface area contributed by atoms with Gasteiger partial charge in [-0.2, -0.15) is 0 Å². The smallest absolute Gasteiger partial charge is 0.295 e. The zero-order valence-electron chi connectivity index (χ0n) is 10.7. The van der Waals surface area contributed by atoms with E-state index in [-0.39, 0.29) is 12.5 Å². The number of aliphatic hydroxyl groups is 1. The summed E-state index contributed by atoms with van der Waals surface area (Å²) in [6.07, 6.45) is 0.177. The molecule has 0 aliphatic carbocycles. The fourth-order valence-electron chi connectivity index (χ4n) is 2.10. The zero-order valence-corrected chi connectivity index (χ0v) is 12.3. The molecule has 2 rings (SSSR count). The molecular formula is C14H16BrNO3. The third kappa shape index (κ3) is 3.22. The van der Waals surface area contributed by atoms with E-state index in [9.17, 15) is 14.7 Å². The summed E-state index contributed by atoms with van der Waals surface area (Å²) in [6.45, 7) is 2.71. The first-order chi connectivity index (χ1) is 8.99. The zero-order chi connectivity index (χ0) is 14.0. The van der Waals surface area contributed by atoms with Crippen LogP contribution in [0.25, 0.3) is 0 Å². The molecule has 1 saturated heterocycles. The molecule has 1 amide bonds. The molecule has 4 nitrogen and oxygen atoms in total. The van der Waals surface area contributed by atoms with Crippen LogP contribution in [0.3, 0.4) is 0 Å². The van der Waals surface area contributed by atoms with Crippen molar-refractivity contribution in [2.45, 2.75) is 19.4 Å². The summed E-state index contributed by atoms with van der Waals surface area (Å²) < 4.78 is 0.860. The molecule has 0 bridgehead atoms. The number of hydrogen-bond acceptors (Lipinski definition) is 3. The van der Waals surface area contributed by atoms with E-state index in [4.69, 9.17) is 0 Å². The van der Waals surface area contributed by atoms with E-state index in [1.807, 2.05) is 6.92 Å². The van der Waals surface area contributed by atoms with Gasteiger partial charge >= 0.3 is 0 Å². The molecule has 19 heavy (non-hydrogen) atoms. The third-order valence-electron chi connectivity index (χ3n) is 3.51. The first kappa shape index (κ1) is 14.2. The van der Waals surface area contributed by atoms with Gasteiger partial charge in [-0.3, -0.25) is 9.59 Å². The predicted molar refractivity (Wildman–Crippen MR) is 74.8 cm³/mol. The minimum Gasteiger partial charge on any atom is -0.391 e. The van der Waals surface area contributed by atoms with Gasteiger partial charge in [0, 0.05) is 23.1 Å². The number of ketones is 1. The standard InChI is InChI=1S/C14H16BrNO3/c1-9-6-7-16(8-12(9)17)14(19)13(18)10-2-4-11(15)5-3-10/h2-5,9,12,17H,6-8H2,1H3. The number of likely N-dealkylation sites (tertiary alicyclic amines) is 1. The molecule has 1 aliphatic heterocycles. The van der Waals surface area contributed by atoms with Crippen LogP contribution in [-0.2, 0) is 4.79 Å². The van der Waals surface area contributed by atoms with Gasteiger partial charge in [0.1, 0.15) is 0 Å². The van der Waals surface area contributed by atoms with Gasteiger partial charge < -0.3 is 10.0 Å². The lowest BCUT2D eigenvalue weighted by Crippen LogP contribution is -2.48. The van der Waals surface area contributed by atoms with Crippen LogP contribution in [0.1, 0.15) is 23.7 Å². The van der Waals surface area contributed by atoms with Crippen LogP contribution >= 0.6 is 15.9 Å². The van der Waals surface area contributed by atoms with E-state index in [1.165, 1.54) is 4.90 Å². The van der Waals surface area contributed by atoms with Crippen molar-refractivity contribution in [1.29, 1.82) is 0 Å². The van der Waals surface area contributed by atoms with Crippen molar-refractivity contribution < 1.29 is 14.7 Å². The number of Topliss-reactive ketones (excluding diaryl/α,β-unsaturated/α-hetero) is 1. The Labute approximate surface area is 120 Å². The summed E-state index contributed by atoms with van der Waals surface area (Å²) in [6, 6.07) is 6.70. The Hall–Kier alpha value is -1.20. The number of nitrogens with zero attached hydrogens (tertiary/aromatic N) is 1.